The fourth-order valence-electron chi connectivity index (χ4n) is 3.57. The molecule has 0 aliphatic rings. The molecule has 4 heteroatoms. The molecule has 0 saturated carbocycles. The quantitative estimate of drug-likeness (QED) is 0.387. The van der Waals surface area contributed by atoms with Crippen molar-refractivity contribution in [1.29, 1.82) is 0 Å². The molecule has 0 heterocycles. The van der Waals surface area contributed by atoms with Gasteiger partial charge in [0, 0.05) is 21.0 Å². The number of thiol groups is 1. The van der Waals surface area contributed by atoms with Crippen molar-refractivity contribution in [3.8, 4) is 0 Å². The summed E-state index contributed by atoms with van der Waals surface area (Å²) in [5.41, 5.74) is 0. The maximum absolute atomic E-state index is 4.76. The predicted molar refractivity (Wildman–Crippen MR) is 106 cm³/mol. The summed E-state index contributed by atoms with van der Waals surface area (Å²) in [6, 6.07) is 8.83. The average Bonchev–Trinajstić information content (AvgIpc) is 2.25. The highest BCUT2D eigenvalue weighted by atomic mass is 32.1. The summed E-state index contributed by atoms with van der Waals surface area (Å²) in [5.74, 6) is 0. The molecule has 0 amide bonds. The Morgan fingerprint density at radius 1 is 1.00 bits per heavy atom. The van der Waals surface area contributed by atoms with Gasteiger partial charge in [0.05, 0.1) is 0 Å². The molecule has 20 heavy (non-hydrogen) atoms. The van der Waals surface area contributed by atoms with E-state index in [0.29, 0.717) is 0 Å². The lowest BCUT2D eigenvalue weighted by Crippen LogP contribution is -2.54. The summed E-state index contributed by atoms with van der Waals surface area (Å²) in [7, 11) is -2.41. The molecule has 0 aromatic heterocycles. The summed E-state index contributed by atoms with van der Waals surface area (Å²) in [5, 5.41) is 1.56. The Balaban J connectivity index is 3.33. The summed E-state index contributed by atoms with van der Waals surface area (Å²) < 4.78 is 0. The lowest BCUT2D eigenvalue weighted by atomic mass is 10.4. The van der Waals surface area contributed by atoms with Crippen molar-refractivity contribution in [1.82, 2.24) is 0 Å². The maximum atomic E-state index is 4.76. The van der Waals surface area contributed by atoms with E-state index in [0.717, 1.165) is 4.91 Å². The molecule has 1 rings (SSSR count). The van der Waals surface area contributed by atoms with Crippen LogP contribution in [0.5, 0.6) is 0 Å². The highest BCUT2D eigenvalue weighted by Crippen LogP contribution is 2.50. The predicted octanol–water partition coefficient (Wildman–Crippen LogP) is 5.62. The van der Waals surface area contributed by atoms with E-state index in [2.05, 4.69) is 70.5 Å². The SMILES string of the molecule is CCCP(c1ccccc1S)C([Si](C)(C)C)[Si](C)(C)C. The lowest BCUT2D eigenvalue weighted by molar-refractivity contribution is 1.09. The number of hydrogen-bond acceptors (Lipinski definition) is 1. The zero-order valence-electron chi connectivity index (χ0n) is 14.2. The third-order valence-electron chi connectivity index (χ3n) is 3.61. The molecule has 114 valence electrons. The first kappa shape index (κ1) is 18.5. The number of hydrogen-bond donors (Lipinski definition) is 1. The van der Waals surface area contributed by atoms with Gasteiger partial charge in [0.25, 0.3) is 0 Å². The van der Waals surface area contributed by atoms with Crippen LogP contribution in [-0.4, -0.2) is 27.2 Å². The average molecular weight is 343 g/mol. The summed E-state index contributed by atoms with van der Waals surface area (Å²) >= 11 is 4.76. The molecule has 0 aliphatic heterocycles. The van der Waals surface area contributed by atoms with Gasteiger partial charge in [0.15, 0.2) is 0 Å². The highest BCUT2D eigenvalue weighted by Gasteiger charge is 2.42. The van der Waals surface area contributed by atoms with Crippen molar-refractivity contribution >= 4 is 42.0 Å². The molecule has 0 spiro atoms. The first-order valence-corrected chi connectivity index (χ1v) is 16.8. The van der Waals surface area contributed by atoms with Gasteiger partial charge >= 0.3 is 0 Å². The Morgan fingerprint density at radius 3 is 1.90 bits per heavy atom. The third-order valence-corrected chi connectivity index (χ3v) is 21.7. The first-order chi connectivity index (χ1) is 9.09. The van der Waals surface area contributed by atoms with Crippen molar-refractivity contribution in [2.24, 2.45) is 0 Å². The zero-order valence-corrected chi connectivity index (χ0v) is 18.0. The smallest absolute Gasteiger partial charge is 0.0495 e. The second kappa shape index (κ2) is 7.13. The van der Waals surface area contributed by atoms with Crippen LogP contribution in [0.25, 0.3) is 0 Å². The van der Waals surface area contributed by atoms with Gasteiger partial charge in [0.1, 0.15) is 0 Å². The van der Waals surface area contributed by atoms with Crippen LogP contribution in [-0.2, 0) is 0 Å². The lowest BCUT2D eigenvalue weighted by Gasteiger charge is -2.44. The molecule has 0 N–H and O–H groups in total. The van der Waals surface area contributed by atoms with Gasteiger partial charge in [-0.25, -0.2) is 0 Å². The van der Waals surface area contributed by atoms with Gasteiger partial charge in [0.2, 0.25) is 0 Å². The summed E-state index contributed by atoms with van der Waals surface area (Å²) in [6.07, 6.45) is 2.66. The topological polar surface area (TPSA) is 0 Å². The van der Waals surface area contributed by atoms with E-state index in [1.165, 1.54) is 17.5 Å². The number of rotatable bonds is 6. The molecule has 1 aromatic rings. The fourth-order valence-corrected chi connectivity index (χ4v) is 25.5. The van der Waals surface area contributed by atoms with Crippen LogP contribution in [0.15, 0.2) is 29.2 Å². The van der Waals surface area contributed by atoms with Gasteiger partial charge in [-0.1, -0.05) is 78.7 Å². The normalized spacial score (nSPS) is 14.7. The second-order valence-electron chi connectivity index (χ2n) is 7.82. The van der Waals surface area contributed by atoms with Crippen LogP contribution in [0, 0.1) is 0 Å². The van der Waals surface area contributed by atoms with Crippen molar-refractivity contribution in [2.75, 3.05) is 6.16 Å². The molecule has 1 aromatic carbocycles. The molecule has 0 nitrogen and oxygen atoms in total. The van der Waals surface area contributed by atoms with Crippen molar-refractivity contribution < 1.29 is 0 Å². The Labute approximate surface area is 134 Å². The van der Waals surface area contributed by atoms with Crippen LogP contribution in [0.2, 0.25) is 39.3 Å². The van der Waals surface area contributed by atoms with Gasteiger partial charge in [-0.2, -0.15) is 0 Å². The van der Waals surface area contributed by atoms with Gasteiger partial charge in [-0.3, -0.25) is 0 Å². The molecule has 0 fully saturated rings. The van der Waals surface area contributed by atoms with Crippen LogP contribution in [0.3, 0.4) is 0 Å². The zero-order chi connectivity index (χ0) is 15.6. The highest BCUT2D eigenvalue weighted by molar-refractivity contribution is 7.82. The largest absolute Gasteiger partial charge is 0.143 e. The summed E-state index contributed by atoms with van der Waals surface area (Å²) in [4.78, 5) is 2.19. The minimum absolute atomic E-state index is 0.0692. The van der Waals surface area contributed by atoms with Crippen molar-refractivity contribution in [3.63, 3.8) is 0 Å². The maximum Gasteiger partial charge on any atom is 0.0495 e. The van der Waals surface area contributed by atoms with E-state index in [1.54, 1.807) is 5.30 Å². The monoisotopic (exact) mass is 342 g/mol. The van der Waals surface area contributed by atoms with Crippen LogP contribution >= 0.6 is 20.6 Å². The Kier molecular flexibility index (Phi) is 6.59. The minimum Gasteiger partial charge on any atom is -0.143 e. The Hall–Kier alpha value is 0.434. The fraction of sp³-hybridized carbons (Fsp3) is 0.625. The molecular weight excluding hydrogens is 311 g/mol. The molecule has 0 aliphatic carbocycles. The van der Waals surface area contributed by atoms with Gasteiger partial charge < -0.3 is 0 Å². The summed E-state index contributed by atoms with van der Waals surface area (Å²) in [6.45, 7) is 17.8. The van der Waals surface area contributed by atoms with E-state index in [-0.39, 0.29) is 7.92 Å². The Bertz CT molecular complexity index is 421. The molecule has 0 radical (unpaired) electrons. The third kappa shape index (κ3) is 4.73. The van der Waals surface area contributed by atoms with E-state index >= 15 is 0 Å². The molecule has 1 unspecified atom stereocenters. The van der Waals surface area contributed by atoms with E-state index in [9.17, 15) is 0 Å². The van der Waals surface area contributed by atoms with E-state index in [1.807, 2.05) is 0 Å². The van der Waals surface area contributed by atoms with Crippen molar-refractivity contribution in [3.05, 3.63) is 24.3 Å². The van der Waals surface area contributed by atoms with Crippen LogP contribution in [0.1, 0.15) is 13.3 Å². The van der Waals surface area contributed by atoms with Gasteiger partial charge in [-0.15, -0.1) is 12.6 Å². The van der Waals surface area contributed by atoms with Gasteiger partial charge in [-0.05, 0) is 22.4 Å². The van der Waals surface area contributed by atoms with Crippen LogP contribution < -0.4 is 5.30 Å². The molecule has 0 bridgehead atoms. The van der Waals surface area contributed by atoms with Crippen molar-refractivity contribution in [2.45, 2.75) is 62.4 Å². The van der Waals surface area contributed by atoms with Crippen LogP contribution in [0.4, 0.5) is 0 Å². The Morgan fingerprint density at radius 2 is 1.50 bits per heavy atom. The molecular formula is C16H31PSSi2. The second-order valence-corrected chi connectivity index (χ2v) is 22.9. The molecule has 0 saturated heterocycles. The minimum atomic E-state index is -1.17. The molecule has 1 atom stereocenters. The van der Waals surface area contributed by atoms with E-state index in [4.69, 9.17) is 12.6 Å². The standard InChI is InChI=1S/C16H31PSSi2/c1-8-13-17(14-11-9-10-12-15(14)18)16(19(2,3)4)20(5,6)7/h9-12,16,18H,8,13H2,1-7H3. The first-order valence-electron chi connectivity index (χ1n) is 7.63. The number of benzene rings is 1. The van der Waals surface area contributed by atoms with E-state index < -0.39 is 16.1 Å².